The molecule has 2 rings (SSSR count). The zero-order chi connectivity index (χ0) is 10.7. The summed E-state index contributed by atoms with van der Waals surface area (Å²) in [5, 5.41) is 0. The summed E-state index contributed by atoms with van der Waals surface area (Å²) in [6, 6.07) is 5.04. The molecular weight excluding hydrogens is 189 g/mol. The molecule has 1 aromatic carbocycles. The second-order valence-corrected chi connectivity index (χ2v) is 3.82. The van der Waals surface area contributed by atoms with E-state index in [1.807, 2.05) is 6.07 Å². The maximum atomic E-state index is 13.1. The Bertz CT molecular complexity index is 392. The lowest BCUT2D eigenvalue weighted by molar-refractivity contribution is 0.627. The number of rotatable bonds is 3. The van der Waals surface area contributed by atoms with Crippen LogP contribution in [-0.4, -0.2) is 13.1 Å². The summed E-state index contributed by atoms with van der Waals surface area (Å²) in [5.41, 5.74) is 2.30. The van der Waals surface area contributed by atoms with Crippen LogP contribution in [0, 0.1) is 18.2 Å². The third kappa shape index (κ3) is 2.12. The number of benzene rings is 1. The predicted molar refractivity (Wildman–Crippen MR) is 60.4 cm³/mol. The van der Waals surface area contributed by atoms with Gasteiger partial charge < -0.3 is 4.90 Å². The van der Waals surface area contributed by atoms with Crippen LogP contribution in [0.3, 0.4) is 0 Å². The molecule has 15 heavy (non-hydrogen) atoms. The summed E-state index contributed by atoms with van der Waals surface area (Å²) < 4.78 is 13.1. The molecule has 0 amide bonds. The van der Waals surface area contributed by atoms with Gasteiger partial charge in [0.2, 0.25) is 0 Å². The minimum Gasteiger partial charge on any atom is -0.371 e. The van der Waals surface area contributed by atoms with E-state index in [1.54, 1.807) is 6.07 Å². The molecule has 0 bridgehead atoms. The minimum atomic E-state index is -0.155. The zero-order valence-corrected chi connectivity index (χ0v) is 8.67. The van der Waals surface area contributed by atoms with Crippen LogP contribution in [0.1, 0.15) is 18.4 Å². The molecule has 0 spiro atoms. The lowest BCUT2D eigenvalue weighted by atomic mass is 10.1. The first kappa shape index (κ1) is 10.0. The standard InChI is InChI=1S/C13H14FN/c1-2-3-4-8-15-9-7-11-5-6-12(14)10-13(11)15/h1,5-6,10H,3-4,7-9H2. The van der Waals surface area contributed by atoms with E-state index in [2.05, 4.69) is 10.8 Å². The van der Waals surface area contributed by atoms with Gasteiger partial charge in [-0.1, -0.05) is 6.07 Å². The Morgan fingerprint density at radius 2 is 2.33 bits per heavy atom. The third-order valence-corrected chi connectivity index (χ3v) is 2.79. The topological polar surface area (TPSA) is 3.24 Å². The molecule has 0 unspecified atom stereocenters. The Kier molecular flexibility index (Phi) is 2.91. The van der Waals surface area contributed by atoms with Crippen LogP contribution >= 0.6 is 0 Å². The quantitative estimate of drug-likeness (QED) is 0.539. The van der Waals surface area contributed by atoms with Crippen molar-refractivity contribution in [3.05, 3.63) is 29.6 Å². The molecule has 0 aliphatic carbocycles. The highest BCUT2D eigenvalue weighted by molar-refractivity contribution is 5.58. The van der Waals surface area contributed by atoms with E-state index >= 15 is 0 Å². The van der Waals surface area contributed by atoms with Gasteiger partial charge in [-0.2, -0.15) is 0 Å². The monoisotopic (exact) mass is 203 g/mol. The molecule has 0 saturated heterocycles. The number of anilines is 1. The fourth-order valence-electron chi connectivity index (χ4n) is 2.02. The molecule has 0 fully saturated rings. The molecule has 0 aromatic heterocycles. The largest absolute Gasteiger partial charge is 0.371 e. The number of halogens is 1. The fraction of sp³-hybridized carbons (Fsp3) is 0.385. The van der Waals surface area contributed by atoms with E-state index in [1.165, 1.54) is 11.6 Å². The van der Waals surface area contributed by atoms with Gasteiger partial charge >= 0.3 is 0 Å². The Morgan fingerprint density at radius 3 is 3.13 bits per heavy atom. The normalized spacial score (nSPS) is 13.7. The summed E-state index contributed by atoms with van der Waals surface area (Å²) in [6.07, 6.45) is 7.99. The van der Waals surface area contributed by atoms with Gasteiger partial charge in [-0.3, -0.25) is 0 Å². The van der Waals surface area contributed by atoms with Crippen LogP contribution in [0.15, 0.2) is 18.2 Å². The van der Waals surface area contributed by atoms with Crippen molar-refractivity contribution in [1.82, 2.24) is 0 Å². The van der Waals surface area contributed by atoms with E-state index < -0.39 is 0 Å². The summed E-state index contributed by atoms with van der Waals surface area (Å²) in [7, 11) is 0. The molecule has 2 heteroatoms. The molecule has 1 heterocycles. The van der Waals surface area contributed by atoms with Crippen molar-refractivity contribution < 1.29 is 4.39 Å². The van der Waals surface area contributed by atoms with Gasteiger partial charge in [-0.05, 0) is 30.5 Å². The number of fused-ring (bicyclic) bond motifs is 1. The van der Waals surface area contributed by atoms with Gasteiger partial charge in [-0.25, -0.2) is 4.39 Å². The van der Waals surface area contributed by atoms with E-state index in [0.717, 1.165) is 38.0 Å². The van der Waals surface area contributed by atoms with Crippen molar-refractivity contribution in [2.75, 3.05) is 18.0 Å². The van der Waals surface area contributed by atoms with Crippen LogP contribution in [0.4, 0.5) is 10.1 Å². The smallest absolute Gasteiger partial charge is 0.125 e. The minimum absolute atomic E-state index is 0.155. The summed E-state index contributed by atoms with van der Waals surface area (Å²) >= 11 is 0. The number of nitrogens with zero attached hydrogens (tertiary/aromatic N) is 1. The second-order valence-electron chi connectivity index (χ2n) is 3.82. The van der Waals surface area contributed by atoms with Gasteiger partial charge in [0.05, 0.1) is 0 Å². The van der Waals surface area contributed by atoms with E-state index in [4.69, 9.17) is 6.42 Å². The molecule has 1 nitrogen and oxygen atoms in total. The van der Waals surface area contributed by atoms with E-state index in [9.17, 15) is 4.39 Å². The van der Waals surface area contributed by atoms with Gasteiger partial charge in [0, 0.05) is 25.2 Å². The zero-order valence-electron chi connectivity index (χ0n) is 8.67. The Hall–Kier alpha value is -1.49. The Labute approximate surface area is 89.9 Å². The maximum Gasteiger partial charge on any atom is 0.125 e. The second kappa shape index (κ2) is 4.35. The molecule has 0 atom stereocenters. The van der Waals surface area contributed by atoms with Gasteiger partial charge in [0.25, 0.3) is 0 Å². The summed E-state index contributed by atoms with van der Waals surface area (Å²) in [5.74, 6) is 2.47. The van der Waals surface area contributed by atoms with Gasteiger partial charge in [0.1, 0.15) is 5.82 Å². The van der Waals surface area contributed by atoms with Crippen molar-refractivity contribution in [3.8, 4) is 12.3 Å². The van der Waals surface area contributed by atoms with Gasteiger partial charge in [0.15, 0.2) is 0 Å². The van der Waals surface area contributed by atoms with E-state index in [-0.39, 0.29) is 5.82 Å². The molecule has 1 aliphatic heterocycles. The van der Waals surface area contributed by atoms with E-state index in [0.29, 0.717) is 0 Å². The van der Waals surface area contributed by atoms with Gasteiger partial charge in [-0.15, -0.1) is 12.3 Å². The van der Waals surface area contributed by atoms with Crippen molar-refractivity contribution in [3.63, 3.8) is 0 Å². The van der Waals surface area contributed by atoms with Crippen molar-refractivity contribution in [1.29, 1.82) is 0 Å². The number of terminal acetylenes is 1. The average molecular weight is 203 g/mol. The lowest BCUT2D eigenvalue weighted by Crippen LogP contribution is -2.21. The number of hydrogen-bond acceptors (Lipinski definition) is 1. The van der Waals surface area contributed by atoms with Crippen molar-refractivity contribution >= 4 is 5.69 Å². The highest BCUT2D eigenvalue weighted by Crippen LogP contribution is 2.28. The first-order valence-electron chi connectivity index (χ1n) is 5.28. The first-order valence-corrected chi connectivity index (χ1v) is 5.28. The molecule has 0 saturated carbocycles. The summed E-state index contributed by atoms with van der Waals surface area (Å²) in [4.78, 5) is 2.22. The highest BCUT2D eigenvalue weighted by atomic mass is 19.1. The fourth-order valence-corrected chi connectivity index (χ4v) is 2.02. The van der Waals surface area contributed by atoms with Crippen LogP contribution in [-0.2, 0) is 6.42 Å². The predicted octanol–water partition coefficient (Wildman–Crippen LogP) is 2.60. The third-order valence-electron chi connectivity index (χ3n) is 2.79. The molecule has 1 aliphatic rings. The van der Waals surface area contributed by atoms with Crippen LogP contribution in [0.2, 0.25) is 0 Å². The van der Waals surface area contributed by atoms with Crippen LogP contribution in [0.25, 0.3) is 0 Å². The number of hydrogen-bond donors (Lipinski definition) is 0. The lowest BCUT2D eigenvalue weighted by Gasteiger charge is -2.18. The molecule has 0 N–H and O–H groups in total. The van der Waals surface area contributed by atoms with Crippen LogP contribution < -0.4 is 4.90 Å². The molecule has 0 radical (unpaired) electrons. The number of unbranched alkanes of at least 4 members (excludes halogenated alkanes) is 1. The molecule has 1 aromatic rings. The highest BCUT2D eigenvalue weighted by Gasteiger charge is 2.18. The van der Waals surface area contributed by atoms with Crippen molar-refractivity contribution in [2.45, 2.75) is 19.3 Å². The SMILES string of the molecule is C#CCCCN1CCc2ccc(F)cc21. The Morgan fingerprint density at radius 1 is 1.47 bits per heavy atom. The van der Waals surface area contributed by atoms with Crippen molar-refractivity contribution in [2.24, 2.45) is 0 Å². The van der Waals surface area contributed by atoms with Crippen LogP contribution in [0.5, 0.6) is 0 Å². The average Bonchev–Trinajstić information content (AvgIpc) is 2.62. The molecular formula is C13H14FN. The molecule has 78 valence electrons. The first-order chi connectivity index (χ1) is 7.31. The Balaban J connectivity index is 2.07. The summed E-state index contributed by atoms with van der Waals surface area (Å²) in [6.45, 7) is 1.92. The maximum absolute atomic E-state index is 13.1.